The Labute approximate surface area is 521 Å². The molecule has 14 nitrogen and oxygen atoms in total. The van der Waals surface area contributed by atoms with Crippen LogP contribution in [0.2, 0.25) is 0 Å². The number of nitrogens with one attached hydrogen (secondary N) is 1. The highest BCUT2D eigenvalue weighted by Gasteiger charge is 2.72. The number of carbonyl (C=O) groups is 8. The molecule has 0 aromatic carbocycles. The van der Waals surface area contributed by atoms with E-state index in [0.717, 1.165) is 133 Å². The fourth-order valence-electron chi connectivity index (χ4n) is 22.2. The Bertz CT molecular complexity index is 2930. The number of carboxylic acids is 1. The van der Waals surface area contributed by atoms with Crippen molar-refractivity contribution in [3.63, 3.8) is 0 Å². The van der Waals surface area contributed by atoms with Crippen LogP contribution < -0.4 is 11.1 Å². The Morgan fingerprint density at radius 1 is 0.598 bits per heavy atom. The van der Waals surface area contributed by atoms with E-state index in [1.54, 1.807) is 0 Å². The monoisotopic (exact) mass is 1210 g/mol. The van der Waals surface area contributed by atoms with Crippen molar-refractivity contribution in [2.45, 2.75) is 232 Å². The molecule has 4 unspecified atom stereocenters. The maximum atomic E-state index is 14.5. The summed E-state index contributed by atoms with van der Waals surface area (Å²) in [6.07, 6.45) is 25.8. The van der Waals surface area contributed by atoms with Crippen LogP contribution in [0, 0.1) is 100 Å². The van der Waals surface area contributed by atoms with Crippen LogP contribution in [0.1, 0.15) is 221 Å². The lowest BCUT2D eigenvalue weighted by molar-refractivity contribution is -0.190. The van der Waals surface area contributed by atoms with Gasteiger partial charge in [-0.1, -0.05) is 102 Å². The number of ketones is 2. The van der Waals surface area contributed by atoms with Gasteiger partial charge in [-0.25, -0.2) is 14.4 Å². The normalized spacial score (nSPS) is 45.1. The first-order valence-electron chi connectivity index (χ1n) is 32.8. The van der Waals surface area contributed by atoms with Crippen LogP contribution in [0.15, 0.2) is 47.6 Å². The van der Waals surface area contributed by atoms with E-state index >= 15 is 0 Å². The lowest BCUT2D eigenvalue weighted by Crippen LogP contribution is -2.67. The molecule has 11 rings (SSSR count). The molecule has 0 radical (unpaired) electrons. The summed E-state index contributed by atoms with van der Waals surface area (Å²) in [6.45, 7) is 32.5. The van der Waals surface area contributed by atoms with Gasteiger partial charge >= 0.3 is 29.8 Å². The first-order chi connectivity index (χ1) is 40.2. The molecule has 1 heterocycles. The summed E-state index contributed by atoms with van der Waals surface area (Å²) in [6, 6.07) is 0.110. The zero-order valence-electron chi connectivity index (χ0n) is 55.9. The molecule has 15 heteroatoms. The number of cyclic esters (lactones) is 2. The predicted molar refractivity (Wildman–Crippen MR) is 334 cm³/mol. The number of methoxy groups -OCH3 is 2. The van der Waals surface area contributed by atoms with Crippen molar-refractivity contribution in [1.82, 2.24) is 5.32 Å². The zero-order valence-corrected chi connectivity index (χ0v) is 54.9. The maximum Gasteiger partial charge on any atom is 0.338 e. The number of allylic oxidation sites excluding steroid dienone is 4. The molecule has 18 atom stereocenters. The molecule has 0 spiro atoms. The van der Waals surface area contributed by atoms with Crippen molar-refractivity contribution in [3.05, 3.63) is 47.6 Å². The summed E-state index contributed by atoms with van der Waals surface area (Å²) in [7, 11) is 1.99. The number of esters is 4. The lowest BCUT2D eigenvalue weighted by Gasteiger charge is -2.70. The number of nitrogens with two attached hydrogens (primary N) is 1. The van der Waals surface area contributed by atoms with Crippen molar-refractivity contribution in [3.8, 4) is 0 Å². The molecule has 11 aliphatic rings. The quantitative estimate of drug-likeness (QED) is 0.101. The Morgan fingerprint density at radius 2 is 0.989 bits per heavy atom. The van der Waals surface area contributed by atoms with Gasteiger partial charge in [0.2, 0.25) is 5.91 Å². The van der Waals surface area contributed by atoms with Gasteiger partial charge in [0.25, 0.3) is 0 Å². The minimum Gasteiger partial charge on any atom is -0.478 e. The zero-order chi connectivity index (χ0) is 64.9. The van der Waals surface area contributed by atoms with Crippen molar-refractivity contribution < 1.29 is 63.4 Å². The van der Waals surface area contributed by atoms with Gasteiger partial charge in [-0.3, -0.25) is 28.4 Å². The highest BCUT2D eigenvalue weighted by molar-refractivity contribution is 6.05. The van der Waals surface area contributed by atoms with Crippen LogP contribution in [-0.2, 0) is 52.6 Å². The largest absolute Gasteiger partial charge is 0.478 e. The Morgan fingerprint density at radius 3 is 1.37 bits per heavy atom. The van der Waals surface area contributed by atoms with Crippen LogP contribution in [-0.4, -0.2) is 85.9 Å². The smallest absolute Gasteiger partial charge is 0.338 e. The van der Waals surface area contributed by atoms with Crippen LogP contribution in [0.5, 0.6) is 0 Å². The highest BCUT2D eigenvalue weighted by atomic mass is 19.1. The minimum atomic E-state index is -1.14. The molecule has 0 bridgehead atoms. The van der Waals surface area contributed by atoms with Crippen molar-refractivity contribution in [1.29, 1.82) is 0 Å². The van der Waals surface area contributed by atoms with E-state index in [4.69, 9.17) is 21.7 Å². The predicted octanol–water partition coefficient (Wildman–Crippen LogP) is 13.6. The van der Waals surface area contributed by atoms with Crippen molar-refractivity contribution in [2.24, 2.45) is 106 Å². The number of carboxylic acid groups (broad SMARTS) is 1. The SMILES string of the molecule is C.COC(=O)[C@@]1(C)CC[C@]2(C)CC[C@]3(C)C(=CC(=O)[C@@H]4[C@@]5(C)CCC(N)C(C)(C)[C@@H]5CC[C@]43C)C2C1.COC(=O)[C@@]1(C)CC[C@]2(C)CC[C@]3(C)C(=CC(=O)[C@@H]4[C@@]5(C)CCC(NC(=O)/C=C\C(=O)O)C(C)(C)[C@@H]5CC[C@]43C)C2C1.O=C1C=CC(=O)O1.[2H]CF. The van der Waals surface area contributed by atoms with Crippen molar-refractivity contribution >= 4 is 47.3 Å². The molecule has 1 aliphatic heterocycles. The van der Waals surface area contributed by atoms with Gasteiger partial charge in [-0.05, 0) is 219 Å². The van der Waals surface area contributed by atoms with Gasteiger partial charge in [0, 0.05) is 48.2 Å². The third-order valence-corrected chi connectivity index (χ3v) is 27.9. The van der Waals surface area contributed by atoms with E-state index in [9.17, 15) is 42.7 Å². The van der Waals surface area contributed by atoms with Gasteiger partial charge in [0.05, 0.1) is 33.6 Å². The van der Waals surface area contributed by atoms with E-state index in [2.05, 4.69) is 106 Å². The number of rotatable bonds is 5. The molecular weight excluding hydrogens is 1100 g/mol. The standard InChI is InChI=1S/C35H51NO6.C31H49NO3.C4H2O3.CH3F.CH4/c1-30(2)24-11-14-35(7)28(33(24,5)13-12-25(30)36-26(38)9-10-27(39)40)23(37)19-21-22-20-32(4,29(41)42-8)16-15-31(22,3)17-18-34(21,35)6;1-26(2)22-9-12-31(7)24(29(22,5)11-10-23(26)32)21(33)17-19-20-18-28(4,25(34)35-8)14-13-27(20,3)15-16-30(19,31)6;5-3-1-2-4(6)7-3;1-2;/h9-10,19,22,24-25,28H,11-18,20H2,1-8H3,(H,36,38)(H,39,40);17,20,22-24H,9-16,18,32H2,1-8H3;1-2H;1H3;1H4/b10-9-;;;;/t22?,24-,25?,28+,31+,32-,33-,34+,35+;20?,22-,23?,24+,27+,28-,29-,30+,31+;;;/m00.../s1/i;;;1D;. The van der Waals surface area contributed by atoms with E-state index < -0.39 is 35.9 Å². The van der Waals surface area contributed by atoms with E-state index in [-0.39, 0.29) is 127 Å². The number of aliphatic carboxylic acids is 1. The molecular formula is C72H109FN2O12. The average Bonchev–Trinajstić information content (AvgIpc) is 0.718. The fraction of sp³-hybridized carbons (Fsp3) is 0.778. The minimum absolute atomic E-state index is 0. The van der Waals surface area contributed by atoms with Crippen LogP contribution in [0.4, 0.5) is 4.39 Å². The first kappa shape index (κ1) is 68.1. The number of fused-ring (bicyclic) bond motifs is 14. The van der Waals surface area contributed by atoms with Gasteiger partial charge in [0.1, 0.15) is 0 Å². The fourth-order valence-corrected chi connectivity index (χ4v) is 22.2. The summed E-state index contributed by atoms with van der Waals surface area (Å²) in [4.78, 5) is 97.9. The van der Waals surface area contributed by atoms with E-state index in [0.29, 0.717) is 11.7 Å². The average molecular weight is 1210 g/mol. The highest BCUT2D eigenvalue weighted by Crippen LogP contribution is 2.77. The Kier molecular flexibility index (Phi) is 18.4. The number of amides is 1. The summed E-state index contributed by atoms with van der Waals surface area (Å²) >= 11 is 0. The third-order valence-electron chi connectivity index (χ3n) is 27.9. The molecule has 0 saturated heterocycles. The second-order valence-electron chi connectivity index (χ2n) is 32.6. The topological polar surface area (TPSA) is 223 Å². The Hall–Kier alpha value is -4.79. The number of hydrogen-bond acceptors (Lipinski definition) is 12. The molecule has 4 N–H and O–H groups in total. The molecule has 486 valence electrons. The summed E-state index contributed by atoms with van der Waals surface area (Å²) in [5.41, 5.74) is 7.70. The lowest BCUT2D eigenvalue weighted by atomic mass is 9.33. The van der Waals surface area contributed by atoms with Crippen LogP contribution in [0.25, 0.3) is 0 Å². The van der Waals surface area contributed by atoms with Gasteiger partial charge in [0.15, 0.2) is 11.6 Å². The number of hydrogen-bond donors (Lipinski definition) is 3. The van der Waals surface area contributed by atoms with E-state index in [1.165, 1.54) is 31.8 Å². The summed E-state index contributed by atoms with van der Waals surface area (Å²) in [5.74, 6) is -1.21. The first-order valence-corrected chi connectivity index (χ1v) is 32.1. The summed E-state index contributed by atoms with van der Waals surface area (Å²) < 4.78 is 30.0. The number of carbonyl (C=O) groups excluding carboxylic acids is 7. The third kappa shape index (κ3) is 10.8. The molecule has 1 amide bonds. The van der Waals surface area contributed by atoms with Gasteiger partial charge < -0.3 is 30.4 Å². The van der Waals surface area contributed by atoms with Crippen LogP contribution >= 0.6 is 0 Å². The molecule has 87 heavy (non-hydrogen) atoms. The molecule has 10 aliphatic carbocycles. The maximum absolute atomic E-state index is 14.5. The molecule has 8 saturated carbocycles. The summed E-state index contributed by atoms with van der Waals surface area (Å²) in [5, 5.41) is 12.0. The van der Waals surface area contributed by atoms with Gasteiger partial charge in [-0.15, -0.1) is 0 Å². The second-order valence-corrected chi connectivity index (χ2v) is 32.6. The molecule has 0 aromatic heterocycles. The van der Waals surface area contributed by atoms with E-state index in [1.807, 2.05) is 13.0 Å². The second kappa shape index (κ2) is 23.5. The number of ether oxygens (including phenoxy) is 3. The van der Waals surface area contributed by atoms with Crippen LogP contribution in [0.3, 0.4) is 0 Å². The number of alkyl halides is 1. The number of halogens is 1. The van der Waals surface area contributed by atoms with Gasteiger partial charge in [-0.2, -0.15) is 0 Å². The Balaban J connectivity index is 0.000000217. The molecule has 8 fully saturated rings. The molecule has 0 aromatic rings. The van der Waals surface area contributed by atoms with Crippen molar-refractivity contribution in [2.75, 3.05) is 21.4 Å².